The van der Waals surface area contributed by atoms with Crippen molar-refractivity contribution in [2.75, 3.05) is 6.16 Å². The van der Waals surface area contributed by atoms with Gasteiger partial charge in [0.25, 0.3) is 0 Å². The first-order valence-electron chi connectivity index (χ1n) is 11.8. The molecule has 35 heavy (non-hydrogen) atoms. The van der Waals surface area contributed by atoms with E-state index >= 15 is 0 Å². The van der Waals surface area contributed by atoms with Crippen molar-refractivity contribution in [2.24, 2.45) is 0 Å². The molecule has 0 bridgehead atoms. The zero-order chi connectivity index (χ0) is 24.6. The molecule has 4 aromatic carbocycles. The van der Waals surface area contributed by atoms with Crippen molar-refractivity contribution in [1.82, 2.24) is 5.32 Å². The van der Waals surface area contributed by atoms with E-state index in [0.29, 0.717) is 18.4 Å². The number of hydrogen-bond donors (Lipinski definition) is 1. The van der Waals surface area contributed by atoms with Crippen LogP contribution in [0.15, 0.2) is 121 Å². The Morgan fingerprint density at radius 2 is 1.00 bits per heavy atom. The number of unbranched alkanes of at least 4 members (excludes halogenated alkanes) is 1. The average molecular weight is 546 g/mol. The summed E-state index contributed by atoms with van der Waals surface area (Å²) in [6.07, 6.45) is 2.68. The topological polar surface area (TPSA) is 46.2 Å². The van der Waals surface area contributed by atoms with Crippen LogP contribution in [0.4, 0.5) is 0 Å². The minimum absolute atomic E-state index is 0.243. The van der Waals surface area contributed by atoms with Gasteiger partial charge in [0.15, 0.2) is 0 Å². The summed E-state index contributed by atoms with van der Waals surface area (Å²) in [7, 11) is 0. The fourth-order valence-corrected chi connectivity index (χ4v) is 12.3. The molecule has 0 fully saturated rings. The van der Waals surface area contributed by atoms with Crippen LogP contribution in [0.2, 0.25) is 0 Å². The van der Waals surface area contributed by atoms with E-state index in [1.807, 2.05) is 24.3 Å². The molecule has 0 aliphatic carbocycles. The van der Waals surface area contributed by atoms with Crippen molar-refractivity contribution >= 4 is 48.5 Å². The number of benzene rings is 4. The number of imide groups is 1. The van der Waals surface area contributed by atoms with Gasteiger partial charge in [0.05, 0.1) is 0 Å². The van der Waals surface area contributed by atoms with Gasteiger partial charge in [0.2, 0.25) is 0 Å². The van der Waals surface area contributed by atoms with Crippen LogP contribution in [0.25, 0.3) is 0 Å². The molecular formula is C30H29BrNO2P. The fraction of sp³-hybridized carbons (Fsp3) is 0.133. The standard InChI is InChI=1S/C30H29BrNO2P/c31-35(26-17-7-2-8-18-26,27-19-9-3-10-20-27,28-21-11-4-12-22-28)24-14-13-23-29(33)32-30(34)25-15-5-1-6-16-25/h1-12,15-22H,13-14,23-24H2,(H,32,33,34). The van der Waals surface area contributed by atoms with Crippen LogP contribution in [0.3, 0.4) is 0 Å². The summed E-state index contributed by atoms with van der Waals surface area (Å²) in [6, 6.07) is 40.7. The zero-order valence-corrected chi connectivity index (χ0v) is 22.0. The van der Waals surface area contributed by atoms with E-state index in [1.165, 1.54) is 15.9 Å². The van der Waals surface area contributed by atoms with E-state index in [1.54, 1.807) is 24.3 Å². The number of rotatable bonds is 9. The molecule has 0 unspecified atom stereocenters. The van der Waals surface area contributed by atoms with Crippen molar-refractivity contribution in [3.8, 4) is 0 Å². The number of carbonyl (C=O) groups is 2. The molecule has 4 rings (SSSR count). The van der Waals surface area contributed by atoms with E-state index in [0.717, 1.165) is 12.6 Å². The average Bonchev–Trinajstić information content (AvgIpc) is 2.93. The summed E-state index contributed by atoms with van der Waals surface area (Å²) in [4.78, 5) is 24.8. The van der Waals surface area contributed by atoms with Gasteiger partial charge in [-0.25, -0.2) is 0 Å². The van der Waals surface area contributed by atoms with Gasteiger partial charge >= 0.3 is 216 Å². The molecule has 0 aliphatic rings. The fourth-order valence-electron chi connectivity index (χ4n) is 4.60. The number of halogens is 1. The van der Waals surface area contributed by atoms with Crippen LogP contribution in [-0.2, 0) is 4.79 Å². The van der Waals surface area contributed by atoms with Gasteiger partial charge in [-0.2, -0.15) is 0 Å². The van der Waals surface area contributed by atoms with E-state index in [2.05, 4.69) is 93.6 Å². The van der Waals surface area contributed by atoms with Crippen LogP contribution >= 0.6 is 20.8 Å². The number of hydrogen-bond acceptors (Lipinski definition) is 2. The first kappa shape index (κ1) is 25.0. The molecule has 0 aliphatic heterocycles. The Balaban J connectivity index is 1.58. The molecule has 0 heterocycles. The van der Waals surface area contributed by atoms with E-state index in [9.17, 15) is 9.59 Å². The second kappa shape index (κ2) is 11.1. The van der Waals surface area contributed by atoms with Gasteiger partial charge in [-0.05, 0) is 0 Å². The summed E-state index contributed by atoms with van der Waals surface area (Å²) in [5.41, 5.74) is 0.489. The van der Waals surface area contributed by atoms with E-state index in [4.69, 9.17) is 0 Å². The van der Waals surface area contributed by atoms with Gasteiger partial charge in [-0.15, -0.1) is 0 Å². The quantitative estimate of drug-likeness (QED) is 0.208. The Hall–Kier alpha value is -3.07. The maximum atomic E-state index is 12.5. The Labute approximate surface area is 215 Å². The number of nitrogens with one attached hydrogen (secondary N) is 1. The summed E-state index contributed by atoms with van der Waals surface area (Å²) < 4.78 is 0. The second-order valence-corrected chi connectivity index (χ2v) is 17.7. The van der Waals surface area contributed by atoms with Gasteiger partial charge < -0.3 is 0 Å². The molecule has 0 aromatic heterocycles. The summed E-state index contributed by atoms with van der Waals surface area (Å²) in [6.45, 7) is 0. The van der Waals surface area contributed by atoms with Gasteiger partial charge in [0, 0.05) is 0 Å². The first-order valence-corrected chi connectivity index (χ1v) is 16.3. The molecule has 1 N–H and O–H groups in total. The Morgan fingerprint density at radius 3 is 1.43 bits per heavy atom. The summed E-state index contributed by atoms with van der Waals surface area (Å²) in [5.74, 6) is -0.596. The molecule has 0 radical (unpaired) electrons. The van der Waals surface area contributed by atoms with Gasteiger partial charge in [0.1, 0.15) is 0 Å². The minimum atomic E-state index is -2.98. The van der Waals surface area contributed by atoms with Crippen LogP contribution in [0, 0.1) is 0 Å². The van der Waals surface area contributed by atoms with Crippen LogP contribution in [0.5, 0.6) is 0 Å². The van der Waals surface area contributed by atoms with Crippen LogP contribution < -0.4 is 21.2 Å². The molecule has 2 amide bonds. The third-order valence-electron chi connectivity index (χ3n) is 6.40. The molecule has 4 aromatic rings. The second-order valence-electron chi connectivity index (χ2n) is 8.61. The molecule has 178 valence electrons. The van der Waals surface area contributed by atoms with Gasteiger partial charge in [-0.1, -0.05) is 0 Å². The summed E-state index contributed by atoms with van der Waals surface area (Å²) >= 11 is 4.43. The van der Waals surface area contributed by atoms with Crippen molar-refractivity contribution in [3.63, 3.8) is 0 Å². The van der Waals surface area contributed by atoms with Crippen molar-refractivity contribution in [2.45, 2.75) is 19.3 Å². The van der Waals surface area contributed by atoms with E-state index in [-0.39, 0.29) is 11.8 Å². The van der Waals surface area contributed by atoms with Crippen molar-refractivity contribution in [3.05, 3.63) is 127 Å². The Bertz CT molecular complexity index is 1170. The van der Waals surface area contributed by atoms with Crippen molar-refractivity contribution < 1.29 is 9.59 Å². The Morgan fingerprint density at radius 1 is 0.600 bits per heavy atom. The molecule has 3 nitrogen and oxygen atoms in total. The molecule has 0 saturated carbocycles. The monoisotopic (exact) mass is 545 g/mol. The van der Waals surface area contributed by atoms with Gasteiger partial charge in [-0.3, -0.25) is 0 Å². The van der Waals surface area contributed by atoms with Crippen molar-refractivity contribution in [1.29, 1.82) is 0 Å². The number of amides is 2. The first-order chi connectivity index (χ1) is 17.0. The molecular weight excluding hydrogens is 517 g/mol. The number of carbonyl (C=O) groups excluding carboxylic acids is 2. The van der Waals surface area contributed by atoms with E-state index < -0.39 is 5.31 Å². The maximum absolute atomic E-state index is 12.5. The molecule has 0 atom stereocenters. The SMILES string of the molecule is O=C(CCCCP(Br)(c1ccccc1)(c1ccccc1)c1ccccc1)NC(=O)c1ccccc1. The van der Waals surface area contributed by atoms with Crippen LogP contribution in [-0.4, -0.2) is 18.0 Å². The molecule has 5 heteroatoms. The summed E-state index contributed by atoms with van der Waals surface area (Å²) in [5, 5.41) is 3.33. The predicted octanol–water partition coefficient (Wildman–Crippen LogP) is 5.95. The third-order valence-corrected chi connectivity index (χ3v) is 16.4. The molecule has 0 saturated heterocycles. The van der Waals surface area contributed by atoms with Crippen LogP contribution in [0.1, 0.15) is 29.6 Å². The zero-order valence-electron chi connectivity index (χ0n) is 19.5. The molecule has 0 spiro atoms. The Kier molecular flexibility index (Phi) is 7.95. The normalized spacial score (nSPS) is 12.3. The third kappa shape index (κ3) is 5.29. The predicted molar refractivity (Wildman–Crippen MR) is 152 cm³/mol.